The van der Waals surface area contributed by atoms with E-state index in [1.54, 1.807) is 14.2 Å². The van der Waals surface area contributed by atoms with Crippen LogP contribution < -0.4 is 14.8 Å². The summed E-state index contributed by atoms with van der Waals surface area (Å²) in [6.07, 6.45) is 2.10. The van der Waals surface area contributed by atoms with Gasteiger partial charge < -0.3 is 19.5 Å². The highest BCUT2D eigenvalue weighted by atomic mass is 16.5. The van der Waals surface area contributed by atoms with E-state index in [0.29, 0.717) is 31.3 Å². The third kappa shape index (κ3) is 4.16. The fourth-order valence-corrected chi connectivity index (χ4v) is 5.14. The van der Waals surface area contributed by atoms with Crippen LogP contribution in [-0.2, 0) is 17.6 Å². The molecule has 1 atom stereocenters. The maximum absolute atomic E-state index is 13.3. The summed E-state index contributed by atoms with van der Waals surface area (Å²) in [6, 6.07) is 16.4. The molecule has 0 radical (unpaired) electrons. The summed E-state index contributed by atoms with van der Waals surface area (Å²) < 4.78 is 16.5. The summed E-state index contributed by atoms with van der Waals surface area (Å²) in [7, 11) is 3.28. The van der Waals surface area contributed by atoms with Gasteiger partial charge >= 0.3 is 0 Å². The maximum Gasteiger partial charge on any atom is 0.251 e. The number of carbonyl (C=O) groups excluding carboxylic acids is 1. The Labute approximate surface area is 194 Å². The number of rotatable bonds is 7. The molecule has 3 aromatic carbocycles. The first-order valence-electron chi connectivity index (χ1n) is 11.5. The van der Waals surface area contributed by atoms with Gasteiger partial charge in [0.15, 0.2) is 11.5 Å². The van der Waals surface area contributed by atoms with Gasteiger partial charge in [0.2, 0.25) is 0 Å². The van der Waals surface area contributed by atoms with Crippen molar-refractivity contribution in [1.29, 1.82) is 0 Å². The second kappa shape index (κ2) is 9.41. The number of nitrogens with one attached hydrogen (secondary N) is 1. The molecular formula is C27H30N2O4. The minimum atomic E-state index is -0.0377. The summed E-state index contributed by atoms with van der Waals surface area (Å²) in [5.41, 5.74) is 4.50. The van der Waals surface area contributed by atoms with Gasteiger partial charge in [-0.3, -0.25) is 9.69 Å². The molecular weight excluding hydrogens is 416 g/mol. The SMILES string of the molecule is COc1ccc(C(CNC(=O)c2ccc3c4c(cccc24)CC3)N2CCOCC2)cc1OC. The number of methoxy groups -OCH3 is 2. The molecule has 1 unspecified atom stereocenters. The van der Waals surface area contributed by atoms with Crippen LogP contribution in [0.5, 0.6) is 11.5 Å². The van der Waals surface area contributed by atoms with Crippen molar-refractivity contribution >= 4 is 16.7 Å². The van der Waals surface area contributed by atoms with Gasteiger partial charge in [0.1, 0.15) is 0 Å². The normalized spacial score (nSPS) is 16.5. The van der Waals surface area contributed by atoms with Crippen LogP contribution in [0.4, 0.5) is 0 Å². The molecule has 1 heterocycles. The van der Waals surface area contributed by atoms with E-state index in [-0.39, 0.29) is 11.9 Å². The molecule has 2 aliphatic rings. The van der Waals surface area contributed by atoms with Gasteiger partial charge in [0.25, 0.3) is 5.91 Å². The van der Waals surface area contributed by atoms with Crippen molar-refractivity contribution in [2.75, 3.05) is 47.1 Å². The fraction of sp³-hybridized carbons (Fsp3) is 0.370. The molecule has 1 N–H and O–H groups in total. The standard InChI is InChI=1S/C27H30N2O4/c1-31-24-11-9-20(16-25(24)32-2)23(29-12-14-33-15-13-29)17-28-27(30)22-10-8-19-7-6-18-4-3-5-21(22)26(18)19/h3-5,8-11,16,23H,6-7,12-15,17H2,1-2H3,(H,28,30). The van der Waals surface area contributed by atoms with E-state index in [0.717, 1.165) is 42.4 Å². The molecule has 0 spiro atoms. The third-order valence-electron chi connectivity index (χ3n) is 6.86. The van der Waals surface area contributed by atoms with Crippen LogP contribution in [0.1, 0.15) is 33.1 Å². The van der Waals surface area contributed by atoms with Crippen molar-refractivity contribution in [3.05, 3.63) is 70.8 Å². The van der Waals surface area contributed by atoms with Gasteiger partial charge in [-0.1, -0.05) is 30.3 Å². The summed E-state index contributed by atoms with van der Waals surface area (Å²) in [4.78, 5) is 15.7. The molecule has 1 fully saturated rings. The van der Waals surface area contributed by atoms with Crippen molar-refractivity contribution in [2.24, 2.45) is 0 Å². The molecule has 1 amide bonds. The Morgan fingerprint density at radius 2 is 1.76 bits per heavy atom. The summed E-state index contributed by atoms with van der Waals surface area (Å²) in [5.74, 6) is 1.34. The minimum Gasteiger partial charge on any atom is -0.493 e. The second-order valence-corrected chi connectivity index (χ2v) is 8.60. The molecule has 0 saturated carbocycles. The minimum absolute atomic E-state index is 0.00874. The Hall–Kier alpha value is -3.09. The number of hydrogen-bond donors (Lipinski definition) is 1. The average Bonchev–Trinajstić information content (AvgIpc) is 3.29. The number of carbonyl (C=O) groups is 1. The van der Waals surface area contributed by atoms with Crippen LogP contribution in [0.3, 0.4) is 0 Å². The molecule has 6 heteroatoms. The Kier molecular flexibility index (Phi) is 6.20. The zero-order chi connectivity index (χ0) is 22.8. The van der Waals surface area contributed by atoms with Gasteiger partial charge in [-0.05, 0) is 58.5 Å². The number of aryl methyl sites for hydroxylation is 2. The predicted octanol–water partition coefficient (Wildman–Crippen LogP) is 3.76. The molecule has 0 aromatic heterocycles. The van der Waals surface area contributed by atoms with Gasteiger partial charge in [0.05, 0.1) is 33.5 Å². The topological polar surface area (TPSA) is 60.0 Å². The number of hydrogen-bond acceptors (Lipinski definition) is 5. The Bertz CT molecular complexity index is 1160. The molecule has 0 bridgehead atoms. The highest BCUT2D eigenvalue weighted by molar-refractivity contribution is 6.09. The van der Waals surface area contributed by atoms with E-state index < -0.39 is 0 Å². The van der Waals surface area contributed by atoms with Crippen molar-refractivity contribution in [3.8, 4) is 11.5 Å². The highest BCUT2D eigenvalue weighted by Crippen LogP contribution is 2.34. The highest BCUT2D eigenvalue weighted by Gasteiger charge is 2.25. The Morgan fingerprint density at radius 3 is 2.52 bits per heavy atom. The molecule has 1 aliphatic carbocycles. The van der Waals surface area contributed by atoms with Gasteiger partial charge in [-0.25, -0.2) is 0 Å². The predicted molar refractivity (Wildman–Crippen MR) is 128 cm³/mol. The lowest BCUT2D eigenvalue weighted by Crippen LogP contribution is -2.43. The van der Waals surface area contributed by atoms with Crippen molar-refractivity contribution in [3.63, 3.8) is 0 Å². The first-order chi connectivity index (χ1) is 16.2. The van der Waals surface area contributed by atoms with Crippen molar-refractivity contribution in [2.45, 2.75) is 18.9 Å². The van der Waals surface area contributed by atoms with Crippen LogP contribution in [0, 0.1) is 0 Å². The third-order valence-corrected chi connectivity index (χ3v) is 6.86. The van der Waals surface area contributed by atoms with E-state index in [9.17, 15) is 4.79 Å². The van der Waals surface area contributed by atoms with Crippen LogP contribution in [0.15, 0.2) is 48.5 Å². The lowest BCUT2D eigenvalue weighted by atomic mass is 9.99. The Morgan fingerprint density at radius 1 is 1.00 bits per heavy atom. The van der Waals surface area contributed by atoms with Gasteiger partial charge in [-0.2, -0.15) is 0 Å². The number of nitrogens with zero attached hydrogens (tertiary/aromatic N) is 1. The molecule has 33 heavy (non-hydrogen) atoms. The summed E-state index contributed by atoms with van der Waals surface area (Å²) in [5, 5.41) is 5.53. The largest absolute Gasteiger partial charge is 0.493 e. The smallest absolute Gasteiger partial charge is 0.251 e. The van der Waals surface area contributed by atoms with Gasteiger partial charge in [-0.15, -0.1) is 0 Å². The van der Waals surface area contributed by atoms with Crippen LogP contribution in [0.25, 0.3) is 10.8 Å². The molecule has 6 nitrogen and oxygen atoms in total. The zero-order valence-electron chi connectivity index (χ0n) is 19.2. The lowest BCUT2D eigenvalue weighted by molar-refractivity contribution is 0.0162. The number of benzene rings is 3. The maximum atomic E-state index is 13.3. The first-order valence-corrected chi connectivity index (χ1v) is 11.5. The second-order valence-electron chi connectivity index (χ2n) is 8.60. The van der Waals surface area contributed by atoms with Crippen LogP contribution in [0.2, 0.25) is 0 Å². The van der Waals surface area contributed by atoms with Crippen molar-refractivity contribution < 1.29 is 19.0 Å². The lowest BCUT2D eigenvalue weighted by Gasteiger charge is -2.35. The van der Waals surface area contributed by atoms with Crippen LogP contribution >= 0.6 is 0 Å². The fourth-order valence-electron chi connectivity index (χ4n) is 5.14. The van der Waals surface area contributed by atoms with E-state index in [4.69, 9.17) is 14.2 Å². The van der Waals surface area contributed by atoms with E-state index in [1.807, 2.05) is 24.3 Å². The quantitative estimate of drug-likeness (QED) is 0.599. The summed E-state index contributed by atoms with van der Waals surface area (Å²) >= 11 is 0. The van der Waals surface area contributed by atoms with Crippen molar-refractivity contribution in [1.82, 2.24) is 10.2 Å². The molecule has 172 valence electrons. The number of ether oxygens (including phenoxy) is 3. The number of amides is 1. The molecule has 1 saturated heterocycles. The molecule has 5 rings (SSSR count). The Balaban J connectivity index is 1.41. The number of morpholine rings is 1. The molecule has 1 aliphatic heterocycles. The summed E-state index contributed by atoms with van der Waals surface area (Å²) in [6.45, 7) is 3.50. The van der Waals surface area contributed by atoms with Gasteiger partial charge in [0, 0.05) is 25.2 Å². The average molecular weight is 447 g/mol. The monoisotopic (exact) mass is 446 g/mol. The zero-order valence-corrected chi connectivity index (χ0v) is 19.2. The first kappa shape index (κ1) is 21.7. The molecule has 3 aromatic rings. The van der Waals surface area contributed by atoms with E-state index in [2.05, 4.69) is 34.5 Å². The van der Waals surface area contributed by atoms with Crippen LogP contribution in [-0.4, -0.2) is 57.9 Å². The van der Waals surface area contributed by atoms with E-state index >= 15 is 0 Å². The van der Waals surface area contributed by atoms with E-state index in [1.165, 1.54) is 16.5 Å².